The molecule has 0 aliphatic rings. The van der Waals surface area contributed by atoms with Crippen molar-refractivity contribution in [2.75, 3.05) is 13.7 Å². The van der Waals surface area contributed by atoms with Crippen LogP contribution in [0, 0.1) is 25.0 Å². The van der Waals surface area contributed by atoms with Crippen molar-refractivity contribution in [3.63, 3.8) is 0 Å². The topological polar surface area (TPSA) is 85.4 Å². The van der Waals surface area contributed by atoms with Crippen LogP contribution in [-0.4, -0.2) is 18.6 Å². The van der Waals surface area contributed by atoms with Crippen molar-refractivity contribution in [3.05, 3.63) is 61.2 Å². The van der Waals surface area contributed by atoms with E-state index in [0.717, 1.165) is 9.13 Å². The molecular weight excluding hydrogens is 435 g/mol. The molecule has 0 spiro atoms. The van der Waals surface area contributed by atoms with E-state index in [-0.39, 0.29) is 5.69 Å². The lowest BCUT2D eigenvalue weighted by atomic mass is 10.0. The highest BCUT2D eigenvalue weighted by atomic mass is 127. The van der Waals surface area contributed by atoms with Gasteiger partial charge in [0.2, 0.25) is 0 Å². The van der Waals surface area contributed by atoms with Crippen molar-refractivity contribution in [1.82, 2.24) is 0 Å². The van der Waals surface area contributed by atoms with Crippen molar-refractivity contribution in [2.45, 2.75) is 6.92 Å². The first-order valence-corrected chi connectivity index (χ1v) is 8.45. The van der Waals surface area contributed by atoms with E-state index in [0.29, 0.717) is 29.2 Å². The Labute approximate surface area is 159 Å². The van der Waals surface area contributed by atoms with Crippen LogP contribution < -0.4 is 9.47 Å². The zero-order valence-electron chi connectivity index (χ0n) is 13.7. The zero-order valence-corrected chi connectivity index (χ0v) is 15.8. The van der Waals surface area contributed by atoms with Gasteiger partial charge in [-0.05, 0) is 58.9 Å². The summed E-state index contributed by atoms with van der Waals surface area (Å²) in [6, 6.07) is 11.7. The number of benzene rings is 2. The molecular formula is C18H15IN2O4. The van der Waals surface area contributed by atoms with Crippen LogP contribution >= 0.6 is 22.6 Å². The molecule has 2 rings (SSSR count). The lowest BCUT2D eigenvalue weighted by Crippen LogP contribution is -1.98. The van der Waals surface area contributed by atoms with Crippen LogP contribution in [0.2, 0.25) is 0 Å². The fourth-order valence-corrected chi connectivity index (χ4v) is 3.11. The minimum absolute atomic E-state index is 0.0574. The average Bonchev–Trinajstić information content (AvgIpc) is 2.60. The van der Waals surface area contributed by atoms with Gasteiger partial charge in [0.1, 0.15) is 0 Å². The third-order valence-corrected chi connectivity index (χ3v) is 4.14. The number of rotatable bonds is 6. The minimum Gasteiger partial charge on any atom is -0.492 e. The predicted octanol–water partition coefficient (Wildman–Crippen LogP) is 4.67. The molecule has 25 heavy (non-hydrogen) atoms. The number of halogens is 1. The smallest absolute Gasteiger partial charge is 0.270 e. The molecule has 0 N–H and O–H groups in total. The van der Waals surface area contributed by atoms with Gasteiger partial charge < -0.3 is 9.47 Å². The number of allylic oxidation sites excluding steroid dienone is 1. The van der Waals surface area contributed by atoms with Gasteiger partial charge in [0.05, 0.1) is 33.9 Å². The molecule has 0 saturated heterocycles. The Bertz CT molecular complexity index is 872. The van der Waals surface area contributed by atoms with Crippen molar-refractivity contribution in [2.24, 2.45) is 0 Å². The second kappa shape index (κ2) is 8.48. The van der Waals surface area contributed by atoms with E-state index in [2.05, 4.69) is 28.7 Å². The van der Waals surface area contributed by atoms with Crippen molar-refractivity contribution in [1.29, 1.82) is 5.26 Å². The Morgan fingerprint density at radius 2 is 2.16 bits per heavy atom. The van der Waals surface area contributed by atoms with Gasteiger partial charge in [0.25, 0.3) is 5.69 Å². The van der Waals surface area contributed by atoms with Gasteiger partial charge in [0.15, 0.2) is 11.5 Å². The lowest BCUT2D eigenvalue weighted by Gasteiger charge is -2.12. The van der Waals surface area contributed by atoms with E-state index in [1.165, 1.54) is 12.1 Å². The molecule has 2 aromatic rings. The first-order chi connectivity index (χ1) is 12.0. The Morgan fingerprint density at radius 1 is 1.40 bits per heavy atom. The molecule has 0 bridgehead atoms. The second-order valence-corrected chi connectivity index (χ2v) is 6.11. The van der Waals surface area contributed by atoms with Gasteiger partial charge in [-0.2, -0.15) is 5.26 Å². The normalized spacial score (nSPS) is 10.9. The molecule has 0 radical (unpaired) electrons. The molecule has 0 unspecified atom stereocenters. The number of nitriles is 1. The number of nitrogens with zero attached hydrogens (tertiary/aromatic N) is 2. The number of non-ortho nitro benzene ring substituents is 1. The molecule has 0 aliphatic heterocycles. The number of nitro benzene ring substituents is 1. The summed E-state index contributed by atoms with van der Waals surface area (Å²) in [6.07, 6.45) is 1.67. The Balaban J connectivity index is 2.51. The van der Waals surface area contributed by atoms with E-state index in [4.69, 9.17) is 9.47 Å². The van der Waals surface area contributed by atoms with Crippen LogP contribution in [0.1, 0.15) is 18.1 Å². The standard InChI is InChI=1S/C18H15IN2O4/c1-3-25-17-9-12(8-16(19)18(17)24-2)7-14(11-20)13-5-4-6-15(10-13)21(22)23/h4-10H,3H2,1-2H3/b14-7-. The maximum Gasteiger partial charge on any atom is 0.270 e. The molecule has 7 heteroatoms. The van der Waals surface area contributed by atoms with Crippen molar-refractivity contribution < 1.29 is 14.4 Å². The number of methoxy groups -OCH3 is 1. The molecule has 0 amide bonds. The van der Waals surface area contributed by atoms with Gasteiger partial charge in [0, 0.05) is 12.1 Å². The molecule has 0 saturated carbocycles. The molecule has 128 valence electrons. The first kappa shape index (κ1) is 18.7. The van der Waals surface area contributed by atoms with Gasteiger partial charge in [-0.25, -0.2) is 0 Å². The Morgan fingerprint density at radius 3 is 2.76 bits per heavy atom. The van der Waals surface area contributed by atoms with Crippen LogP contribution in [0.15, 0.2) is 36.4 Å². The van der Waals surface area contributed by atoms with E-state index < -0.39 is 4.92 Å². The number of hydrogen-bond donors (Lipinski definition) is 0. The fraction of sp³-hybridized carbons (Fsp3) is 0.167. The van der Waals surface area contributed by atoms with E-state index in [9.17, 15) is 15.4 Å². The third kappa shape index (κ3) is 4.48. The molecule has 0 aliphatic carbocycles. The summed E-state index contributed by atoms with van der Waals surface area (Å²) in [5.74, 6) is 1.22. The van der Waals surface area contributed by atoms with Gasteiger partial charge in [-0.3, -0.25) is 10.1 Å². The van der Waals surface area contributed by atoms with Crippen LogP contribution in [0.25, 0.3) is 11.6 Å². The van der Waals surface area contributed by atoms with E-state index >= 15 is 0 Å². The minimum atomic E-state index is -0.484. The van der Waals surface area contributed by atoms with Crippen LogP contribution in [0.3, 0.4) is 0 Å². The van der Waals surface area contributed by atoms with Gasteiger partial charge >= 0.3 is 0 Å². The molecule has 0 fully saturated rings. The first-order valence-electron chi connectivity index (χ1n) is 7.37. The summed E-state index contributed by atoms with van der Waals surface area (Å²) >= 11 is 2.13. The molecule has 0 heterocycles. The van der Waals surface area contributed by atoms with Crippen LogP contribution in [0.5, 0.6) is 11.5 Å². The quantitative estimate of drug-likeness (QED) is 0.210. The fourth-order valence-electron chi connectivity index (χ4n) is 2.27. The molecule has 6 nitrogen and oxygen atoms in total. The third-order valence-electron chi connectivity index (χ3n) is 3.34. The largest absolute Gasteiger partial charge is 0.492 e. The highest BCUT2D eigenvalue weighted by molar-refractivity contribution is 14.1. The lowest BCUT2D eigenvalue weighted by molar-refractivity contribution is -0.384. The monoisotopic (exact) mass is 450 g/mol. The van der Waals surface area contributed by atoms with Crippen LogP contribution in [-0.2, 0) is 0 Å². The highest BCUT2D eigenvalue weighted by Gasteiger charge is 2.12. The maximum atomic E-state index is 10.9. The summed E-state index contributed by atoms with van der Waals surface area (Å²) in [5, 5.41) is 20.4. The number of hydrogen-bond acceptors (Lipinski definition) is 5. The number of ether oxygens (including phenoxy) is 2. The number of nitro groups is 1. The second-order valence-electron chi connectivity index (χ2n) is 4.94. The maximum absolute atomic E-state index is 10.9. The zero-order chi connectivity index (χ0) is 18.4. The summed E-state index contributed by atoms with van der Waals surface area (Å²) in [6.45, 7) is 2.36. The molecule has 2 aromatic carbocycles. The Kier molecular flexibility index (Phi) is 6.36. The van der Waals surface area contributed by atoms with Crippen LogP contribution in [0.4, 0.5) is 5.69 Å². The van der Waals surface area contributed by atoms with Gasteiger partial charge in [-0.1, -0.05) is 12.1 Å². The summed E-state index contributed by atoms with van der Waals surface area (Å²) in [4.78, 5) is 10.4. The average molecular weight is 450 g/mol. The SMILES string of the molecule is CCOc1cc(/C=C(/C#N)c2cccc([N+](=O)[O-])c2)cc(I)c1OC. The Hall–Kier alpha value is -2.60. The van der Waals surface area contributed by atoms with Gasteiger partial charge in [-0.15, -0.1) is 0 Å². The summed E-state index contributed by atoms with van der Waals surface area (Å²) < 4.78 is 11.8. The van der Waals surface area contributed by atoms with Crippen molar-refractivity contribution >= 4 is 39.9 Å². The summed E-state index contributed by atoms with van der Waals surface area (Å²) in [5.41, 5.74) is 1.50. The highest BCUT2D eigenvalue weighted by Crippen LogP contribution is 2.35. The molecule has 0 atom stereocenters. The van der Waals surface area contributed by atoms with Crippen molar-refractivity contribution in [3.8, 4) is 17.6 Å². The molecule has 0 aromatic heterocycles. The van der Waals surface area contributed by atoms with E-state index in [1.54, 1.807) is 31.4 Å². The van der Waals surface area contributed by atoms with E-state index in [1.807, 2.05) is 13.0 Å². The summed E-state index contributed by atoms with van der Waals surface area (Å²) in [7, 11) is 1.57. The predicted molar refractivity (Wildman–Crippen MR) is 103 cm³/mol.